The molecule has 4 aromatic rings. The molecule has 2 aromatic heterocycles. The number of benzene rings is 2. The second kappa shape index (κ2) is 8.43. The molecular formula is C24H19ClN2O3. The van der Waals surface area contributed by atoms with Crippen molar-refractivity contribution in [3.05, 3.63) is 95.3 Å². The van der Waals surface area contributed by atoms with Gasteiger partial charge in [-0.3, -0.25) is 9.59 Å². The molecule has 0 aliphatic rings. The zero-order valence-corrected chi connectivity index (χ0v) is 17.0. The van der Waals surface area contributed by atoms with Gasteiger partial charge in [0.05, 0.1) is 7.11 Å². The summed E-state index contributed by atoms with van der Waals surface area (Å²) in [6.07, 6.45) is 1.77. The lowest BCUT2D eigenvalue weighted by Gasteiger charge is -2.10. The second-order valence-corrected chi connectivity index (χ2v) is 7.17. The fourth-order valence-electron chi connectivity index (χ4n) is 3.42. The van der Waals surface area contributed by atoms with Crippen LogP contribution in [0.4, 0.5) is 0 Å². The van der Waals surface area contributed by atoms with Gasteiger partial charge in [0.15, 0.2) is 0 Å². The van der Waals surface area contributed by atoms with E-state index < -0.39 is 11.7 Å². The van der Waals surface area contributed by atoms with Crippen LogP contribution in [0.1, 0.15) is 16.1 Å². The number of carbonyl (C=O) groups excluding carboxylic acids is 2. The molecular weight excluding hydrogens is 400 g/mol. The summed E-state index contributed by atoms with van der Waals surface area (Å²) in [6.45, 7) is 0.189. The molecule has 0 bridgehead atoms. The largest absolute Gasteiger partial charge is 0.496 e. The molecule has 0 aliphatic carbocycles. The predicted octanol–water partition coefficient (Wildman–Crippen LogP) is 4.77. The van der Waals surface area contributed by atoms with Crippen LogP contribution >= 0.6 is 11.6 Å². The number of carbonyl (C=O) groups is 2. The average molecular weight is 419 g/mol. The number of aromatic nitrogens is 1. The maximum atomic E-state index is 13.2. The number of hydrogen-bond donors (Lipinski definition) is 1. The number of halogens is 1. The summed E-state index contributed by atoms with van der Waals surface area (Å²) >= 11 is 6.01. The molecule has 0 unspecified atom stereocenters. The third-order valence-electron chi connectivity index (χ3n) is 4.89. The van der Waals surface area contributed by atoms with E-state index in [4.69, 9.17) is 16.3 Å². The van der Waals surface area contributed by atoms with Crippen LogP contribution in [0.5, 0.6) is 5.75 Å². The van der Waals surface area contributed by atoms with Gasteiger partial charge in [-0.2, -0.15) is 0 Å². The van der Waals surface area contributed by atoms with Crippen LogP contribution in [0.3, 0.4) is 0 Å². The van der Waals surface area contributed by atoms with E-state index in [-0.39, 0.29) is 6.54 Å². The van der Waals surface area contributed by atoms with Crippen molar-refractivity contribution in [3.63, 3.8) is 0 Å². The van der Waals surface area contributed by atoms with Crippen LogP contribution in [-0.4, -0.2) is 23.2 Å². The molecule has 0 aliphatic heterocycles. The van der Waals surface area contributed by atoms with E-state index in [9.17, 15) is 9.59 Å². The highest BCUT2D eigenvalue weighted by atomic mass is 35.5. The van der Waals surface area contributed by atoms with Crippen LogP contribution in [0, 0.1) is 0 Å². The first-order valence-electron chi connectivity index (χ1n) is 9.39. The van der Waals surface area contributed by atoms with Crippen LogP contribution in [-0.2, 0) is 11.3 Å². The van der Waals surface area contributed by atoms with Crippen molar-refractivity contribution in [1.29, 1.82) is 0 Å². The normalized spacial score (nSPS) is 10.7. The molecule has 0 radical (unpaired) electrons. The Balaban J connectivity index is 1.67. The average Bonchev–Trinajstić information content (AvgIpc) is 3.17. The van der Waals surface area contributed by atoms with Gasteiger partial charge in [0, 0.05) is 34.4 Å². The Morgan fingerprint density at radius 2 is 1.73 bits per heavy atom. The summed E-state index contributed by atoms with van der Waals surface area (Å²) < 4.78 is 7.03. The van der Waals surface area contributed by atoms with E-state index in [0.29, 0.717) is 22.0 Å². The highest BCUT2D eigenvalue weighted by Crippen LogP contribution is 2.29. The van der Waals surface area contributed by atoms with Gasteiger partial charge in [-0.05, 0) is 42.0 Å². The minimum Gasteiger partial charge on any atom is -0.496 e. The van der Waals surface area contributed by atoms with E-state index in [0.717, 1.165) is 16.6 Å². The van der Waals surface area contributed by atoms with Gasteiger partial charge in [-0.15, -0.1) is 0 Å². The monoisotopic (exact) mass is 418 g/mol. The Kier molecular flexibility index (Phi) is 5.55. The van der Waals surface area contributed by atoms with Crippen molar-refractivity contribution in [2.75, 3.05) is 7.11 Å². The maximum absolute atomic E-state index is 13.2. The van der Waals surface area contributed by atoms with E-state index in [1.54, 1.807) is 29.8 Å². The summed E-state index contributed by atoms with van der Waals surface area (Å²) in [5.41, 5.74) is 3.41. The zero-order valence-electron chi connectivity index (χ0n) is 16.3. The summed E-state index contributed by atoms with van der Waals surface area (Å²) in [5, 5.41) is 3.31. The summed E-state index contributed by atoms with van der Waals surface area (Å²) in [4.78, 5) is 25.9. The summed E-state index contributed by atoms with van der Waals surface area (Å²) in [6, 6.07) is 22.0. The second-order valence-electron chi connectivity index (χ2n) is 6.73. The number of ketones is 1. The Hall–Kier alpha value is -3.57. The number of fused-ring (bicyclic) bond motifs is 1. The van der Waals surface area contributed by atoms with Gasteiger partial charge in [0.1, 0.15) is 11.4 Å². The maximum Gasteiger partial charge on any atom is 0.294 e. The lowest BCUT2D eigenvalue weighted by atomic mass is 10.0. The molecule has 1 N–H and O–H groups in total. The number of pyridine rings is 1. The quantitative estimate of drug-likeness (QED) is 0.362. The molecule has 1 amide bonds. The van der Waals surface area contributed by atoms with Gasteiger partial charge < -0.3 is 14.5 Å². The van der Waals surface area contributed by atoms with Gasteiger partial charge in [-0.25, -0.2) is 0 Å². The molecule has 2 aromatic carbocycles. The molecule has 30 heavy (non-hydrogen) atoms. The third kappa shape index (κ3) is 3.80. The Morgan fingerprint density at radius 1 is 1.00 bits per heavy atom. The molecule has 5 nitrogen and oxygen atoms in total. The fraction of sp³-hybridized carbons (Fsp3) is 0.0833. The number of rotatable bonds is 6. The number of hydrogen-bond acceptors (Lipinski definition) is 3. The van der Waals surface area contributed by atoms with Crippen molar-refractivity contribution in [3.8, 4) is 16.9 Å². The van der Waals surface area contributed by atoms with Crippen molar-refractivity contribution in [2.24, 2.45) is 0 Å². The fourth-order valence-corrected chi connectivity index (χ4v) is 3.54. The number of methoxy groups -OCH3 is 1. The van der Waals surface area contributed by atoms with Crippen LogP contribution in [0.2, 0.25) is 5.02 Å². The van der Waals surface area contributed by atoms with Gasteiger partial charge in [-0.1, -0.05) is 48.0 Å². The van der Waals surface area contributed by atoms with E-state index in [1.807, 2.05) is 60.7 Å². The van der Waals surface area contributed by atoms with E-state index >= 15 is 0 Å². The molecule has 150 valence electrons. The zero-order chi connectivity index (χ0) is 21.1. The third-order valence-corrected chi connectivity index (χ3v) is 5.14. The smallest absolute Gasteiger partial charge is 0.294 e. The topological polar surface area (TPSA) is 59.8 Å². The molecule has 0 fully saturated rings. The Labute approximate surface area is 178 Å². The molecule has 0 saturated carbocycles. The lowest BCUT2D eigenvalue weighted by molar-refractivity contribution is -0.117. The predicted molar refractivity (Wildman–Crippen MR) is 117 cm³/mol. The summed E-state index contributed by atoms with van der Waals surface area (Å²) in [5.74, 6) is -0.638. The SMILES string of the molecule is COc1ccccc1CNC(=O)C(=O)c1c(-c2ccc(Cl)cc2)cc2ccccn12. The minimum absolute atomic E-state index is 0.189. The van der Waals surface area contributed by atoms with Gasteiger partial charge in [0.25, 0.3) is 11.7 Å². The number of ether oxygens (including phenoxy) is 1. The van der Waals surface area contributed by atoms with Crippen LogP contribution < -0.4 is 10.1 Å². The Morgan fingerprint density at radius 3 is 2.50 bits per heavy atom. The van der Waals surface area contributed by atoms with Crippen molar-refractivity contribution >= 4 is 28.8 Å². The van der Waals surface area contributed by atoms with Crippen molar-refractivity contribution in [1.82, 2.24) is 9.72 Å². The first kappa shape index (κ1) is 19.7. The van der Waals surface area contributed by atoms with Crippen molar-refractivity contribution < 1.29 is 14.3 Å². The number of nitrogens with one attached hydrogen (secondary N) is 1. The van der Waals surface area contributed by atoms with Crippen LogP contribution in [0.15, 0.2) is 79.0 Å². The number of amides is 1. The number of Topliss-reactive ketones (excluding diaryl/α,β-unsaturated/α-hetero) is 1. The van der Waals surface area contributed by atoms with Gasteiger partial charge in [0.2, 0.25) is 0 Å². The highest BCUT2D eigenvalue weighted by Gasteiger charge is 2.24. The highest BCUT2D eigenvalue weighted by molar-refractivity contribution is 6.43. The number of para-hydroxylation sites is 1. The van der Waals surface area contributed by atoms with E-state index in [2.05, 4.69) is 5.32 Å². The first-order valence-corrected chi connectivity index (χ1v) is 9.76. The van der Waals surface area contributed by atoms with E-state index in [1.165, 1.54) is 0 Å². The molecule has 0 atom stereocenters. The standard InChI is InChI=1S/C24H19ClN2O3/c1-30-21-8-3-2-6-17(21)15-26-24(29)23(28)22-20(16-9-11-18(25)12-10-16)14-19-7-4-5-13-27(19)22/h2-14H,15H2,1H3,(H,26,29). The molecule has 2 heterocycles. The van der Waals surface area contributed by atoms with Gasteiger partial charge >= 0.3 is 0 Å². The molecule has 4 rings (SSSR count). The Bertz CT molecular complexity index is 1230. The van der Waals surface area contributed by atoms with Crippen LogP contribution in [0.25, 0.3) is 16.6 Å². The lowest BCUT2D eigenvalue weighted by Crippen LogP contribution is -2.31. The molecule has 0 spiro atoms. The molecule has 0 saturated heterocycles. The first-order chi connectivity index (χ1) is 14.6. The van der Waals surface area contributed by atoms with Crippen molar-refractivity contribution in [2.45, 2.75) is 6.54 Å². The minimum atomic E-state index is -0.681. The number of nitrogens with zero attached hydrogens (tertiary/aromatic N) is 1. The summed E-state index contributed by atoms with van der Waals surface area (Å²) in [7, 11) is 1.57. The molecule has 6 heteroatoms.